The maximum Gasteiger partial charge on any atom is 0.405 e. The fraction of sp³-hybridized carbons (Fsp3) is 0.250. The molecular formula is C16H16F3N3O. The van der Waals surface area contributed by atoms with Crippen molar-refractivity contribution >= 4 is 17.3 Å². The van der Waals surface area contributed by atoms with E-state index in [1.165, 1.54) is 12.1 Å². The Morgan fingerprint density at radius 2 is 1.87 bits per heavy atom. The highest BCUT2D eigenvalue weighted by Crippen LogP contribution is 2.19. The molecule has 0 bridgehead atoms. The molecule has 0 atom stereocenters. The number of rotatable bonds is 6. The summed E-state index contributed by atoms with van der Waals surface area (Å²) in [4.78, 5) is 16.0. The fourth-order valence-corrected chi connectivity index (χ4v) is 1.92. The van der Waals surface area contributed by atoms with Gasteiger partial charge >= 0.3 is 6.18 Å². The molecule has 0 unspecified atom stereocenters. The zero-order valence-corrected chi connectivity index (χ0v) is 12.2. The van der Waals surface area contributed by atoms with E-state index in [9.17, 15) is 18.0 Å². The van der Waals surface area contributed by atoms with Crippen LogP contribution in [-0.4, -0.2) is 23.6 Å². The molecule has 1 aromatic heterocycles. The van der Waals surface area contributed by atoms with Gasteiger partial charge in [0.15, 0.2) is 0 Å². The molecule has 0 radical (unpaired) electrons. The minimum Gasteiger partial charge on any atom is -0.376 e. The van der Waals surface area contributed by atoms with Crippen molar-refractivity contribution in [1.29, 1.82) is 0 Å². The number of nitrogens with one attached hydrogen (secondary N) is 2. The summed E-state index contributed by atoms with van der Waals surface area (Å²) in [5.41, 5.74) is 1.55. The van der Waals surface area contributed by atoms with Crippen molar-refractivity contribution in [3.63, 3.8) is 0 Å². The summed E-state index contributed by atoms with van der Waals surface area (Å²) < 4.78 is 36.5. The lowest BCUT2D eigenvalue weighted by atomic mass is 10.2. The average molecular weight is 323 g/mol. The third-order valence-electron chi connectivity index (χ3n) is 2.97. The quantitative estimate of drug-likeness (QED) is 0.853. The molecular weight excluding hydrogens is 307 g/mol. The van der Waals surface area contributed by atoms with E-state index in [1.807, 2.05) is 12.1 Å². The number of halogens is 3. The van der Waals surface area contributed by atoms with Crippen LogP contribution in [0.1, 0.15) is 12.1 Å². The molecule has 7 heteroatoms. The number of alkyl halides is 3. The summed E-state index contributed by atoms with van der Waals surface area (Å²) >= 11 is 0. The molecule has 4 nitrogen and oxygen atoms in total. The van der Waals surface area contributed by atoms with Crippen LogP contribution in [0.3, 0.4) is 0 Å². The van der Waals surface area contributed by atoms with E-state index in [4.69, 9.17) is 0 Å². The Hall–Kier alpha value is -2.57. The maximum atomic E-state index is 12.2. The zero-order valence-electron chi connectivity index (χ0n) is 12.2. The van der Waals surface area contributed by atoms with Crippen LogP contribution in [0.2, 0.25) is 0 Å². The second-order valence-corrected chi connectivity index (χ2v) is 4.92. The van der Waals surface area contributed by atoms with Crippen molar-refractivity contribution in [2.45, 2.75) is 19.0 Å². The number of carbonyl (C=O) groups is 1. The number of hydrogen-bond acceptors (Lipinski definition) is 3. The summed E-state index contributed by atoms with van der Waals surface area (Å²) in [6.07, 6.45) is -1.89. The van der Waals surface area contributed by atoms with Gasteiger partial charge in [-0.15, -0.1) is 0 Å². The van der Waals surface area contributed by atoms with E-state index >= 15 is 0 Å². The van der Waals surface area contributed by atoms with Gasteiger partial charge in [0.2, 0.25) is 5.91 Å². The van der Waals surface area contributed by atoms with Crippen LogP contribution in [0, 0.1) is 0 Å². The first kappa shape index (κ1) is 16.8. The molecule has 0 spiro atoms. The Labute approximate surface area is 131 Å². The Kier molecular flexibility index (Phi) is 5.56. The smallest absolute Gasteiger partial charge is 0.376 e. The van der Waals surface area contributed by atoms with Gasteiger partial charge in [-0.2, -0.15) is 13.2 Å². The molecule has 2 aromatic rings. The zero-order chi connectivity index (χ0) is 16.7. The SMILES string of the molecule is O=C(CCc1ccccn1)Nc1cccc(NCC(F)(F)F)c1. The number of pyridine rings is 1. The van der Waals surface area contributed by atoms with Gasteiger partial charge in [0, 0.05) is 29.7 Å². The predicted octanol–water partition coefficient (Wildman–Crippen LogP) is 3.63. The van der Waals surface area contributed by atoms with Crippen molar-refractivity contribution in [2.75, 3.05) is 17.2 Å². The highest BCUT2D eigenvalue weighted by molar-refractivity contribution is 5.91. The van der Waals surface area contributed by atoms with E-state index in [0.29, 0.717) is 17.8 Å². The highest BCUT2D eigenvalue weighted by Gasteiger charge is 2.26. The maximum absolute atomic E-state index is 12.2. The second-order valence-electron chi connectivity index (χ2n) is 4.92. The molecule has 1 amide bonds. The Morgan fingerprint density at radius 3 is 2.57 bits per heavy atom. The van der Waals surface area contributed by atoms with E-state index in [0.717, 1.165) is 5.69 Å². The lowest BCUT2D eigenvalue weighted by Gasteiger charge is -2.11. The second kappa shape index (κ2) is 7.62. The van der Waals surface area contributed by atoms with Crippen LogP contribution in [0.25, 0.3) is 0 Å². The average Bonchev–Trinajstić information content (AvgIpc) is 2.52. The van der Waals surface area contributed by atoms with Crippen molar-refractivity contribution < 1.29 is 18.0 Å². The van der Waals surface area contributed by atoms with Crippen molar-refractivity contribution in [3.05, 3.63) is 54.4 Å². The highest BCUT2D eigenvalue weighted by atomic mass is 19.4. The van der Waals surface area contributed by atoms with Gasteiger partial charge in [0.1, 0.15) is 6.54 Å². The number of aryl methyl sites for hydroxylation is 1. The Balaban J connectivity index is 1.86. The molecule has 1 heterocycles. The molecule has 0 saturated heterocycles. The van der Waals surface area contributed by atoms with E-state index in [1.54, 1.807) is 24.4 Å². The first-order chi connectivity index (χ1) is 10.9. The summed E-state index contributed by atoms with van der Waals surface area (Å²) in [6, 6.07) is 11.6. The topological polar surface area (TPSA) is 54.0 Å². The Bertz CT molecular complexity index is 645. The van der Waals surface area contributed by atoms with E-state index in [-0.39, 0.29) is 12.3 Å². The standard InChI is InChI=1S/C16H16F3N3O/c17-16(18,19)11-21-13-5-3-6-14(10-13)22-15(23)8-7-12-4-1-2-9-20-12/h1-6,9-10,21H,7-8,11H2,(H,22,23). The molecule has 23 heavy (non-hydrogen) atoms. The molecule has 1 aromatic carbocycles. The predicted molar refractivity (Wildman–Crippen MR) is 82.2 cm³/mol. The van der Waals surface area contributed by atoms with Crippen LogP contribution in [0.15, 0.2) is 48.7 Å². The van der Waals surface area contributed by atoms with E-state index < -0.39 is 12.7 Å². The molecule has 2 N–H and O–H groups in total. The third kappa shape index (κ3) is 6.37. The number of carbonyl (C=O) groups excluding carboxylic acids is 1. The molecule has 0 aliphatic carbocycles. The molecule has 0 saturated carbocycles. The number of aromatic nitrogens is 1. The van der Waals surface area contributed by atoms with Gasteiger partial charge < -0.3 is 10.6 Å². The van der Waals surface area contributed by atoms with Crippen LogP contribution in [0.4, 0.5) is 24.5 Å². The normalized spacial score (nSPS) is 11.1. The monoisotopic (exact) mass is 323 g/mol. The van der Waals surface area contributed by atoms with Crippen LogP contribution in [-0.2, 0) is 11.2 Å². The Morgan fingerprint density at radius 1 is 1.09 bits per heavy atom. The van der Waals surface area contributed by atoms with E-state index in [2.05, 4.69) is 15.6 Å². The molecule has 122 valence electrons. The fourth-order valence-electron chi connectivity index (χ4n) is 1.92. The first-order valence-electron chi connectivity index (χ1n) is 7.03. The van der Waals surface area contributed by atoms with Gasteiger partial charge in [-0.3, -0.25) is 9.78 Å². The number of amides is 1. The van der Waals surface area contributed by atoms with Crippen molar-refractivity contribution in [3.8, 4) is 0 Å². The minimum absolute atomic E-state index is 0.219. The number of benzene rings is 1. The lowest BCUT2D eigenvalue weighted by molar-refractivity contribution is -0.116. The molecule has 0 aliphatic heterocycles. The minimum atomic E-state index is -4.29. The number of hydrogen-bond donors (Lipinski definition) is 2. The molecule has 0 aliphatic rings. The van der Waals surface area contributed by atoms with Gasteiger partial charge in [-0.25, -0.2) is 0 Å². The van der Waals surface area contributed by atoms with Gasteiger partial charge in [-0.1, -0.05) is 12.1 Å². The van der Waals surface area contributed by atoms with Crippen molar-refractivity contribution in [2.24, 2.45) is 0 Å². The molecule has 2 rings (SSSR count). The lowest BCUT2D eigenvalue weighted by Crippen LogP contribution is -2.21. The van der Waals surface area contributed by atoms with Crippen LogP contribution >= 0.6 is 0 Å². The van der Waals surface area contributed by atoms with Gasteiger partial charge in [-0.05, 0) is 36.8 Å². The van der Waals surface area contributed by atoms with Crippen molar-refractivity contribution in [1.82, 2.24) is 4.98 Å². The number of anilines is 2. The van der Waals surface area contributed by atoms with Crippen LogP contribution < -0.4 is 10.6 Å². The van der Waals surface area contributed by atoms with Gasteiger partial charge in [0.05, 0.1) is 0 Å². The summed E-state index contributed by atoms with van der Waals surface area (Å²) in [5, 5.41) is 4.93. The molecule has 0 fully saturated rings. The summed E-state index contributed by atoms with van der Waals surface area (Å²) in [6.45, 7) is -1.12. The van der Waals surface area contributed by atoms with Crippen LogP contribution in [0.5, 0.6) is 0 Å². The first-order valence-corrected chi connectivity index (χ1v) is 7.03. The third-order valence-corrected chi connectivity index (χ3v) is 2.97. The number of nitrogens with zero attached hydrogens (tertiary/aromatic N) is 1. The van der Waals surface area contributed by atoms with Gasteiger partial charge in [0.25, 0.3) is 0 Å². The summed E-state index contributed by atoms with van der Waals surface area (Å²) in [5.74, 6) is -0.219. The summed E-state index contributed by atoms with van der Waals surface area (Å²) in [7, 11) is 0. The largest absolute Gasteiger partial charge is 0.405 e.